The van der Waals surface area contributed by atoms with E-state index in [9.17, 15) is 25.2 Å². The number of hydrogen-bond donors (Lipinski definition) is 5. The van der Waals surface area contributed by atoms with Crippen LogP contribution in [-0.2, 0) is 4.74 Å². The average molecular weight is 340 g/mol. The molecule has 24 heavy (non-hydrogen) atoms. The normalized spacial score (nSPS) is 30.4. The smallest absolute Gasteiger partial charge is 0.336 e. The molecule has 9 nitrogen and oxygen atoms in total. The van der Waals surface area contributed by atoms with Gasteiger partial charge in [-0.2, -0.15) is 0 Å². The Bertz CT molecular complexity index is 784. The fraction of sp³-hybridized carbons (Fsp3) is 0.400. The van der Waals surface area contributed by atoms with Crippen molar-refractivity contribution in [1.82, 2.24) is 0 Å². The lowest BCUT2D eigenvalue weighted by Crippen LogP contribution is -2.60. The highest BCUT2D eigenvalue weighted by Gasteiger charge is 2.44. The van der Waals surface area contributed by atoms with Crippen LogP contribution >= 0.6 is 0 Å². The standard InChI is InChI=1S/C15H16O9/c16-5-10-12(19)13(20)14(21)15(24-10)23-9-3-6-1-2-11(18)22-8(6)4-7(9)17/h1-4,10,12-17,19-21H,5H2/t10-,12-,13-,14-,15-/m0/s1. The van der Waals surface area contributed by atoms with Gasteiger partial charge >= 0.3 is 5.63 Å². The van der Waals surface area contributed by atoms with Crippen molar-refractivity contribution in [2.45, 2.75) is 30.7 Å². The molecular formula is C15H16O9. The van der Waals surface area contributed by atoms with Crippen molar-refractivity contribution in [2.24, 2.45) is 0 Å². The summed E-state index contributed by atoms with van der Waals surface area (Å²) in [6.07, 6.45) is -7.27. The van der Waals surface area contributed by atoms with Gasteiger partial charge < -0.3 is 39.4 Å². The zero-order valence-electron chi connectivity index (χ0n) is 12.3. The average Bonchev–Trinajstić information content (AvgIpc) is 2.56. The van der Waals surface area contributed by atoms with Crippen LogP contribution in [0.15, 0.2) is 33.5 Å². The van der Waals surface area contributed by atoms with Gasteiger partial charge in [-0.1, -0.05) is 0 Å². The number of ether oxygens (including phenoxy) is 2. The van der Waals surface area contributed by atoms with Gasteiger partial charge in [0.1, 0.15) is 30.0 Å². The van der Waals surface area contributed by atoms with Crippen LogP contribution in [0.1, 0.15) is 0 Å². The molecule has 0 aliphatic carbocycles. The number of phenolic OH excluding ortho intramolecular Hbond substituents is 1. The van der Waals surface area contributed by atoms with Crippen molar-refractivity contribution in [3.8, 4) is 11.5 Å². The molecule has 0 radical (unpaired) electrons. The number of aliphatic hydroxyl groups is 4. The zero-order valence-corrected chi connectivity index (χ0v) is 12.3. The molecule has 0 bridgehead atoms. The number of aromatic hydroxyl groups is 1. The van der Waals surface area contributed by atoms with Crippen molar-refractivity contribution in [2.75, 3.05) is 6.61 Å². The Morgan fingerprint density at radius 2 is 1.83 bits per heavy atom. The third-order valence-corrected chi connectivity index (χ3v) is 3.79. The fourth-order valence-corrected chi connectivity index (χ4v) is 2.47. The summed E-state index contributed by atoms with van der Waals surface area (Å²) in [6.45, 7) is -0.598. The van der Waals surface area contributed by atoms with Gasteiger partial charge in [0.05, 0.1) is 6.61 Å². The molecule has 1 fully saturated rings. The first-order valence-electron chi connectivity index (χ1n) is 7.15. The summed E-state index contributed by atoms with van der Waals surface area (Å²) in [5.41, 5.74) is -0.439. The van der Waals surface area contributed by atoms with Gasteiger partial charge in [0.15, 0.2) is 11.5 Å². The van der Waals surface area contributed by atoms with E-state index in [1.807, 2.05) is 0 Å². The van der Waals surface area contributed by atoms with Crippen LogP contribution in [0.2, 0.25) is 0 Å². The number of fused-ring (bicyclic) bond motifs is 1. The highest BCUT2D eigenvalue weighted by atomic mass is 16.7. The number of benzene rings is 1. The Morgan fingerprint density at radius 3 is 2.54 bits per heavy atom. The maximum absolute atomic E-state index is 11.2. The third kappa shape index (κ3) is 2.95. The fourth-order valence-electron chi connectivity index (χ4n) is 2.47. The molecule has 0 unspecified atom stereocenters. The maximum atomic E-state index is 11.2. The highest BCUT2D eigenvalue weighted by molar-refractivity contribution is 5.80. The number of aliphatic hydroxyl groups excluding tert-OH is 4. The molecule has 1 aliphatic rings. The second kappa shape index (κ2) is 6.38. The van der Waals surface area contributed by atoms with Crippen molar-refractivity contribution in [3.63, 3.8) is 0 Å². The van der Waals surface area contributed by atoms with Crippen LogP contribution in [0.4, 0.5) is 0 Å². The topological polar surface area (TPSA) is 150 Å². The van der Waals surface area contributed by atoms with Gasteiger partial charge in [0.2, 0.25) is 6.29 Å². The van der Waals surface area contributed by atoms with Gasteiger partial charge in [-0.05, 0) is 12.1 Å². The van der Waals surface area contributed by atoms with E-state index in [0.29, 0.717) is 5.39 Å². The van der Waals surface area contributed by atoms with Gasteiger partial charge in [-0.3, -0.25) is 0 Å². The molecular weight excluding hydrogens is 324 g/mol. The van der Waals surface area contributed by atoms with E-state index in [1.54, 1.807) is 0 Å². The minimum atomic E-state index is -1.60. The predicted octanol–water partition coefficient (Wildman–Crippen LogP) is -1.32. The Balaban J connectivity index is 1.89. The molecule has 0 spiro atoms. The van der Waals surface area contributed by atoms with Crippen molar-refractivity contribution in [3.05, 3.63) is 34.7 Å². The molecule has 5 N–H and O–H groups in total. The van der Waals surface area contributed by atoms with Crippen molar-refractivity contribution >= 4 is 11.0 Å². The third-order valence-electron chi connectivity index (χ3n) is 3.79. The van der Waals surface area contributed by atoms with Gasteiger partial charge in [-0.25, -0.2) is 4.79 Å². The van der Waals surface area contributed by atoms with E-state index in [0.717, 1.165) is 6.07 Å². The first-order chi connectivity index (χ1) is 11.4. The van der Waals surface area contributed by atoms with Gasteiger partial charge in [-0.15, -0.1) is 0 Å². The molecule has 3 rings (SSSR count). The lowest BCUT2D eigenvalue weighted by atomic mass is 9.99. The minimum Gasteiger partial charge on any atom is -0.504 e. The number of hydrogen-bond acceptors (Lipinski definition) is 9. The molecule has 2 heterocycles. The van der Waals surface area contributed by atoms with Crippen LogP contribution < -0.4 is 10.4 Å². The molecule has 1 aromatic heterocycles. The summed E-state index contributed by atoms with van der Waals surface area (Å²) < 4.78 is 15.5. The second-order valence-electron chi connectivity index (χ2n) is 5.43. The van der Waals surface area contributed by atoms with E-state index in [-0.39, 0.29) is 17.1 Å². The van der Waals surface area contributed by atoms with Crippen LogP contribution in [0, 0.1) is 0 Å². The molecule has 1 aromatic carbocycles. The molecule has 2 aromatic rings. The first kappa shape index (κ1) is 16.7. The van der Waals surface area contributed by atoms with E-state index >= 15 is 0 Å². The van der Waals surface area contributed by atoms with E-state index < -0.39 is 42.9 Å². The minimum absolute atomic E-state index is 0.0966. The SMILES string of the molecule is O=c1ccc2cc(O[C@H]3O[C@@H](CO)[C@H](O)[C@H](O)[C@@H]3O)c(O)cc2o1. The van der Waals surface area contributed by atoms with Gasteiger partial charge in [0.25, 0.3) is 0 Å². The molecule has 9 heteroatoms. The molecule has 0 amide bonds. The lowest BCUT2D eigenvalue weighted by Gasteiger charge is -2.39. The zero-order chi connectivity index (χ0) is 17.4. The predicted molar refractivity (Wildman–Crippen MR) is 78.5 cm³/mol. The Kier molecular flexibility index (Phi) is 4.43. The summed E-state index contributed by atoms with van der Waals surface area (Å²) in [5.74, 6) is -0.477. The number of rotatable bonds is 3. The van der Waals surface area contributed by atoms with Crippen LogP contribution in [0.5, 0.6) is 11.5 Å². The maximum Gasteiger partial charge on any atom is 0.336 e. The molecule has 5 atom stereocenters. The van der Waals surface area contributed by atoms with Crippen molar-refractivity contribution < 1.29 is 39.4 Å². The van der Waals surface area contributed by atoms with Crippen LogP contribution in [0.25, 0.3) is 11.0 Å². The quantitative estimate of drug-likeness (QED) is 0.429. The van der Waals surface area contributed by atoms with E-state index in [1.165, 1.54) is 18.2 Å². The summed E-state index contributed by atoms with van der Waals surface area (Å²) >= 11 is 0. The molecule has 1 aliphatic heterocycles. The van der Waals surface area contributed by atoms with E-state index in [2.05, 4.69) is 0 Å². The largest absolute Gasteiger partial charge is 0.504 e. The van der Waals surface area contributed by atoms with Gasteiger partial charge in [0, 0.05) is 17.5 Å². The first-order valence-corrected chi connectivity index (χ1v) is 7.15. The Hall–Kier alpha value is -2.17. The summed E-state index contributed by atoms with van der Waals surface area (Å²) in [4.78, 5) is 11.2. The second-order valence-corrected chi connectivity index (χ2v) is 5.43. The van der Waals surface area contributed by atoms with E-state index in [4.69, 9.17) is 19.0 Å². The lowest BCUT2D eigenvalue weighted by molar-refractivity contribution is -0.277. The monoisotopic (exact) mass is 340 g/mol. The van der Waals surface area contributed by atoms with Crippen molar-refractivity contribution in [1.29, 1.82) is 0 Å². The number of phenols is 1. The highest BCUT2D eigenvalue weighted by Crippen LogP contribution is 2.33. The van der Waals surface area contributed by atoms with Crippen LogP contribution in [-0.4, -0.2) is 62.8 Å². The Labute approximate surface area is 134 Å². The Morgan fingerprint density at radius 1 is 1.08 bits per heavy atom. The summed E-state index contributed by atoms with van der Waals surface area (Å²) in [7, 11) is 0. The summed E-state index contributed by atoms with van der Waals surface area (Å²) in [5, 5.41) is 49.0. The summed E-state index contributed by atoms with van der Waals surface area (Å²) in [6, 6.07) is 5.17. The molecule has 1 saturated heterocycles. The van der Waals surface area contributed by atoms with Crippen LogP contribution in [0.3, 0.4) is 0 Å². The molecule has 130 valence electrons. The molecule has 0 saturated carbocycles.